The monoisotopic (exact) mass is 162 g/mol. The van der Waals surface area contributed by atoms with Gasteiger partial charge in [0.15, 0.2) is 0 Å². The number of hydrogen-bond donors (Lipinski definition) is 2. The third kappa shape index (κ3) is 1.91. The highest BCUT2D eigenvalue weighted by atomic mass is 16.5. The van der Waals surface area contributed by atoms with Crippen molar-refractivity contribution in [3.63, 3.8) is 0 Å². The van der Waals surface area contributed by atoms with Crippen LogP contribution >= 0.6 is 0 Å². The fourth-order valence-electron chi connectivity index (χ4n) is 0.504. The Morgan fingerprint density at radius 1 is 1.36 bits per heavy atom. The van der Waals surface area contributed by atoms with Crippen molar-refractivity contribution >= 4 is 11.9 Å². The van der Waals surface area contributed by atoms with Crippen molar-refractivity contribution in [1.29, 1.82) is 0 Å². The molecule has 0 saturated heterocycles. The second-order valence-electron chi connectivity index (χ2n) is 2.08. The van der Waals surface area contributed by atoms with Gasteiger partial charge in [-0.3, -0.25) is 0 Å². The highest BCUT2D eigenvalue weighted by Gasteiger charge is 2.42. The molecule has 0 heterocycles. The average Bonchev–Trinajstić information content (AvgIpc) is 1.87. The molecule has 0 aliphatic carbocycles. The number of hydrogen-bond acceptors (Lipinski definition) is 3. The first-order chi connectivity index (χ1) is 4.95. The Morgan fingerprint density at radius 3 is 1.82 bits per heavy atom. The summed E-state index contributed by atoms with van der Waals surface area (Å²) in [6, 6.07) is 0. The van der Waals surface area contributed by atoms with Crippen molar-refractivity contribution in [3.8, 4) is 0 Å². The van der Waals surface area contributed by atoms with E-state index in [2.05, 4.69) is 4.74 Å². The van der Waals surface area contributed by atoms with Gasteiger partial charge >= 0.3 is 11.9 Å². The summed E-state index contributed by atoms with van der Waals surface area (Å²) in [7, 11) is 0. The summed E-state index contributed by atoms with van der Waals surface area (Å²) in [5.41, 5.74) is -2.12. The van der Waals surface area contributed by atoms with E-state index < -0.39 is 17.5 Å². The molecule has 0 unspecified atom stereocenters. The van der Waals surface area contributed by atoms with Crippen molar-refractivity contribution < 1.29 is 24.5 Å². The van der Waals surface area contributed by atoms with Gasteiger partial charge in [0.25, 0.3) is 5.60 Å². The minimum Gasteiger partial charge on any atom is -0.479 e. The smallest absolute Gasteiger partial charge is 0.347 e. The van der Waals surface area contributed by atoms with Crippen LogP contribution in [0.3, 0.4) is 0 Å². The summed E-state index contributed by atoms with van der Waals surface area (Å²) >= 11 is 0. The van der Waals surface area contributed by atoms with Crippen molar-refractivity contribution in [1.82, 2.24) is 0 Å². The number of carboxylic acids is 2. The van der Waals surface area contributed by atoms with Crippen molar-refractivity contribution in [2.45, 2.75) is 19.4 Å². The minimum absolute atomic E-state index is 0.0507. The number of carbonyl (C=O) groups is 2. The molecule has 0 saturated carbocycles. The molecule has 0 amide bonds. The highest BCUT2D eigenvalue weighted by molar-refractivity contribution is 6.01. The van der Waals surface area contributed by atoms with Gasteiger partial charge in [-0.05, 0) is 13.8 Å². The maximum Gasteiger partial charge on any atom is 0.347 e. The lowest BCUT2D eigenvalue weighted by atomic mass is 10.1. The van der Waals surface area contributed by atoms with Crippen LogP contribution in [0.5, 0.6) is 0 Å². The molecule has 5 heteroatoms. The number of rotatable bonds is 4. The van der Waals surface area contributed by atoms with Crippen molar-refractivity contribution in [2.75, 3.05) is 6.61 Å². The molecule has 11 heavy (non-hydrogen) atoms. The van der Waals surface area contributed by atoms with Crippen LogP contribution in [0.25, 0.3) is 0 Å². The molecular formula is C6H10O5. The summed E-state index contributed by atoms with van der Waals surface area (Å²) in [6.07, 6.45) is 0. The van der Waals surface area contributed by atoms with Crippen LogP contribution in [0.15, 0.2) is 0 Å². The molecule has 0 aromatic rings. The maximum absolute atomic E-state index is 10.3. The van der Waals surface area contributed by atoms with E-state index in [1.807, 2.05) is 0 Å². The third-order valence-corrected chi connectivity index (χ3v) is 1.25. The van der Waals surface area contributed by atoms with Gasteiger partial charge in [0.05, 0.1) is 0 Å². The lowest BCUT2D eigenvalue weighted by Gasteiger charge is -2.18. The van der Waals surface area contributed by atoms with Gasteiger partial charge in [0, 0.05) is 6.61 Å². The SMILES string of the molecule is CCOC(C)(C(=O)O)C(=O)O. The molecule has 0 bridgehead atoms. The van der Waals surface area contributed by atoms with Gasteiger partial charge in [0.1, 0.15) is 0 Å². The first-order valence-corrected chi connectivity index (χ1v) is 3.06. The summed E-state index contributed by atoms with van der Waals surface area (Å²) in [5.74, 6) is -2.99. The topological polar surface area (TPSA) is 83.8 Å². The number of aliphatic carboxylic acids is 2. The second-order valence-corrected chi connectivity index (χ2v) is 2.08. The number of ether oxygens (including phenoxy) is 1. The van der Waals surface area contributed by atoms with Crippen molar-refractivity contribution in [3.05, 3.63) is 0 Å². The standard InChI is InChI=1S/C6H10O5/c1-3-11-6(2,4(7)8)5(9)10/h3H2,1-2H3,(H,7,8)(H,9,10). The first kappa shape index (κ1) is 9.90. The lowest BCUT2D eigenvalue weighted by molar-refractivity contribution is -0.180. The predicted octanol–water partition coefficient (Wildman–Crippen LogP) is -0.0492. The summed E-state index contributed by atoms with van der Waals surface area (Å²) in [4.78, 5) is 20.7. The molecule has 0 aliphatic rings. The van der Waals surface area contributed by atoms with E-state index >= 15 is 0 Å². The highest BCUT2D eigenvalue weighted by Crippen LogP contribution is 2.10. The Balaban J connectivity index is 4.52. The minimum atomic E-state index is -2.12. The number of carboxylic acid groups (broad SMARTS) is 2. The van der Waals surface area contributed by atoms with Crippen LogP contribution in [-0.4, -0.2) is 34.4 Å². The molecule has 0 aromatic carbocycles. The van der Waals surface area contributed by atoms with Crippen molar-refractivity contribution in [2.24, 2.45) is 0 Å². The van der Waals surface area contributed by atoms with Crippen LogP contribution in [0.4, 0.5) is 0 Å². The van der Waals surface area contributed by atoms with Crippen LogP contribution in [0.2, 0.25) is 0 Å². The first-order valence-electron chi connectivity index (χ1n) is 3.06. The zero-order valence-corrected chi connectivity index (χ0v) is 6.33. The Kier molecular flexibility index (Phi) is 3.00. The van der Waals surface area contributed by atoms with E-state index in [1.165, 1.54) is 6.92 Å². The molecule has 0 rings (SSSR count). The normalized spacial score (nSPS) is 11.1. The molecule has 0 fully saturated rings. The Bertz CT molecular complexity index is 160. The van der Waals surface area contributed by atoms with Gasteiger partial charge in [0.2, 0.25) is 0 Å². The van der Waals surface area contributed by atoms with Crippen LogP contribution in [-0.2, 0) is 14.3 Å². The molecular weight excluding hydrogens is 152 g/mol. The van der Waals surface area contributed by atoms with Gasteiger partial charge in [-0.2, -0.15) is 0 Å². The third-order valence-electron chi connectivity index (χ3n) is 1.25. The summed E-state index contributed by atoms with van der Waals surface area (Å²) < 4.78 is 4.55. The molecule has 2 N–H and O–H groups in total. The Morgan fingerprint density at radius 2 is 1.73 bits per heavy atom. The van der Waals surface area contributed by atoms with Crippen LogP contribution < -0.4 is 0 Å². The van der Waals surface area contributed by atoms with Crippen LogP contribution in [0, 0.1) is 0 Å². The molecule has 0 aromatic heterocycles. The fraction of sp³-hybridized carbons (Fsp3) is 0.667. The van der Waals surface area contributed by atoms with Gasteiger partial charge in [-0.25, -0.2) is 9.59 Å². The van der Waals surface area contributed by atoms with E-state index in [9.17, 15) is 9.59 Å². The maximum atomic E-state index is 10.3. The largest absolute Gasteiger partial charge is 0.479 e. The summed E-state index contributed by atoms with van der Waals surface area (Å²) in [5, 5.41) is 16.9. The Hall–Kier alpha value is -1.10. The van der Waals surface area contributed by atoms with Crippen LogP contribution in [0.1, 0.15) is 13.8 Å². The molecule has 0 spiro atoms. The second kappa shape index (κ2) is 3.34. The zero-order valence-electron chi connectivity index (χ0n) is 6.33. The quantitative estimate of drug-likeness (QED) is 0.566. The molecule has 5 nitrogen and oxygen atoms in total. The van der Waals surface area contributed by atoms with E-state index in [0.29, 0.717) is 0 Å². The molecule has 0 atom stereocenters. The molecule has 0 aliphatic heterocycles. The summed E-state index contributed by atoms with van der Waals surface area (Å²) in [6.45, 7) is 2.58. The van der Waals surface area contributed by atoms with Gasteiger partial charge in [-0.1, -0.05) is 0 Å². The average molecular weight is 162 g/mol. The fourth-order valence-corrected chi connectivity index (χ4v) is 0.504. The zero-order chi connectivity index (χ0) is 9.07. The predicted molar refractivity (Wildman–Crippen MR) is 35.3 cm³/mol. The van der Waals surface area contributed by atoms with E-state index in [1.54, 1.807) is 0 Å². The lowest BCUT2D eigenvalue weighted by Crippen LogP contribution is -2.46. The van der Waals surface area contributed by atoms with E-state index in [4.69, 9.17) is 10.2 Å². The van der Waals surface area contributed by atoms with Gasteiger partial charge < -0.3 is 14.9 Å². The Labute approximate surface area is 63.6 Å². The van der Waals surface area contributed by atoms with E-state index in [-0.39, 0.29) is 6.61 Å². The molecule has 0 radical (unpaired) electrons. The molecule has 64 valence electrons. The van der Waals surface area contributed by atoms with Gasteiger partial charge in [-0.15, -0.1) is 0 Å². The van der Waals surface area contributed by atoms with E-state index in [0.717, 1.165) is 6.92 Å².